The molecule has 0 radical (unpaired) electrons. The van der Waals surface area contributed by atoms with Crippen molar-refractivity contribution in [3.05, 3.63) is 57.8 Å². The molecule has 4 rings (SSSR count). The number of hydrogen-bond acceptors (Lipinski definition) is 4. The van der Waals surface area contributed by atoms with Crippen LogP contribution in [0.25, 0.3) is 0 Å². The average Bonchev–Trinajstić information content (AvgIpc) is 3.24. The van der Waals surface area contributed by atoms with E-state index < -0.39 is 0 Å². The number of amides is 2. The normalized spacial score (nSPS) is 22.5. The first-order chi connectivity index (χ1) is 13.6. The second-order valence-corrected chi connectivity index (χ2v) is 8.79. The Morgan fingerprint density at radius 2 is 1.93 bits per heavy atom. The zero-order valence-electron chi connectivity index (χ0n) is 16.3. The molecular formula is C22H26N2O3S. The second-order valence-electron chi connectivity index (χ2n) is 7.81. The minimum atomic E-state index is -0.385. The Kier molecular flexibility index (Phi) is 5.51. The summed E-state index contributed by atoms with van der Waals surface area (Å²) in [7, 11) is 0. The minimum absolute atomic E-state index is 0.0220. The van der Waals surface area contributed by atoms with E-state index >= 15 is 0 Å². The van der Waals surface area contributed by atoms with E-state index in [9.17, 15) is 9.59 Å². The fourth-order valence-electron chi connectivity index (χ4n) is 4.21. The molecule has 0 N–H and O–H groups in total. The summed E-state index contributed by atoms with van der Waals surface area (Å²) in [5.41, 5.74) is 1.50. The van der Waals surface area contributed by atoms with Crippen molar-refractivity contribution in [3.63, 3.8) is 0 Å². The van der Waals surface area contributed by atoms with Gasteiger partial charge in [0.25, 0.3) is 5.91 Å². The highest BCUT2D eigenvalue weighted by Crippen LogP contribution is 2.45. The molecule has 1 saturated heterocycles. The molecule has 1 fully saturated rings. The van der Waals surface area contributed by atoms with E-state index in [1.807, 2.05) is 51.6 Å². The standard InChI is InChI=1S/C22H26N2O3S/c1-15(2)14-24-20(18-8-5-13-28-18)19(22(26)23-9-11-27-12-10-23)16-6-3-4-7-17(16)21(24)25/h3-8,13,15,19-20H,9-12,14H2,1-2H3. The molecular weight excluding hydrogens is 372 g/mol. The maximum absolute atomic E-state index is 13.7. The summed E-state index contributed by atoms with van der Waals surface area (Å²) >= 11 is 1.62. The highest BCUT2D eigenvalue weighted by atomic mass is 32.1. The van der Waals surface area contributed by atoms with Gasteiger partial charge in [-0.25, -0.2) is 0 Å². The minimum Gasteiger partial charge on any atom is -0.378 e. The Morgan fingerprint density at radius 3 is 2.61 bits per heavy atom. The molecule has 2 atom stereocenters. The van der Waals surface area contributed by atoms with Crippen molar-refractivity contribution in [2.24, 2.45) is 5.92 Å². The maximum atomic E-state index is 13.7. The van der Waals surface area contributed by atoms with Crippen molar-refractivity contribution < 1.29 is 14.3 Å². The fourth-order valence-corrected chi connectivity index (χ4v) is 5.08. The Bertz CT molecular complexity index is 843. The molecule has 1 aromatic carbocycles. The van der Waals surface area contributed by atoms with Crippen molar-refractivity contribution in [2.75, 3.05) is 32.8 Å². The Labute approximate surface area is 169 Å². The van der Waals surface area contributed by atoms with Gasteiger partial charge in [-0.2, -0.15) is 0 Å². The van der Waals surface area contributed by atoms with Crippen LogP contribution < -0.4 is 0 Å². The average molecular weight is 399 g/mol. The van der Waals surface area contributed by atoms with E-state index in [1.165, 1.54) is 0 Å². The van der Waals surface area contributed by atoms with E-state index in [4.69, 9.17) is 4.74 Å². The monoisotopic (exact) mass is 398 g/mol. The number of benzene rings is 1. The largest absolute Gasteiger partial charge is 0.378 e. The van der Waals surface area contributed by atoms with E-state index in [2.05, 4.69) is 13.8 Å². The van der Waals surface area contributed by atoms with Gasteiger partial charge in [-0.1, -0.05) is 38.1 Å². The van der Waals surface area contributed by atoms with Crippen LogP contribution in [0.5, 0.6) is 0 Å². The maximum Gasteiger partial charge on any atom is 0.254 e. The molecule has 3 heterocycles. The molecule has 2 aliphatic rings. The Hall–Kier alpha value is -2.18. The molecule has 0 bridgehead atoms. The summed E-state index contributed by atoms with van der Waals surface area (Å²) in [6.07, 6.45) is 0. The zero-order valence-corrected chi connectivity index (χ0v) is 17.2. The van der Waals surface area contributed by atoms with Gasteiger partial charge in [-0.15, -0.1) is 11.3 Å². The van der Waals surface area contributed by atoms with E-state index in [-0.39, 0.29) is 23.8 Å². The summed E-state index contributed by atoms with van der Waals surface area (Å²) in [5.74, 6) is 0.0457. The van der Waals surface area contributed by atoms with Crippen LogP contribution in [0.1, 0.15) is 46.6 Å². The predicted molar refractivity (Wildman–Crippen MR) is 110 cm³/mol. The molecule has 0 saturated carbocycles. The van der Waals surface area contributed by atoms with Gasteiger partial charge in [0.2, 0.25) is 5.91 Å². The second kappa shape index (κ2) is 8.05. The number of hydrogen-bond donors (Lipinski definition) is 0. The highest BCUT2D eigenvalue weighted by molar-refractivity contribution is 7.10. The molecule has 5 nitrogen and oxygen atoms in total. The van der Waals surface area contributed by atoms with Gasteiger partial charge in [-0.05, 0) is 29.0 Å². The number of nitrogens with zero attached hydrogens (tertiary/aromatic N) is 2. The molecule has 148 valence electrons. The van der Waals surface area contributed by atoms with Crippen LogP contribution in [-0.4, -0.2) is 54.5 Å². The summed E-state index contributed by atoms with van der Waals surface area (Å²) in [6, 6.07) is 11.4. The first-order valence-electron chi connectivity index (χ1n) is 9.87. The number of fused-ring (bicyclic) bond motifs is 1. The molecule has 2 unspecified atom stereocenters. The van der Waals surface area contributed by atoms with Gasteiger partial charge in [0.15, 0.2) is 0 Å². The first-order valence-corrected chi connectivity index (χ1v) is 10.8. The number of thiophene rings is 1. The van der Waals surface area contributed by atoms with Crippen LogP contribution in [0.3, 0.4) is 0 Å². The third-order valence-electron chi connectivity index (χ3n) is 5.42. The van der Waals surface area contributed by atoms with Crippen LogP contribution >= 0.6 is 11.3 Å². The van der Waals surface area contributed by atoms with Crippen LogP contribution in [0.15, 0.2) is 41.8 Å². The molecule has 0 spiro atoms. The first kappa shape index (κ1) is 19.2. The van der Waals surface area contributed by atoms with Gasteiger partial charge in [0.05, 0.1) is 25.2 Å². The van der Waals surface area contributed by atoms with Crippen molar-refractivity contribution in [2.45, 2.75) is 25.8 Å². The Balaban J connectivity index is 1.83. The van der Waals surface area contributed by atoms with Crippen molar-refractivity contribution >= 4 is 23.2 Å². The van der Waals surface area contributed by atoms with Crippen molar-refractivity contribution in [3.8, 4) is 0 Å². The number of morpholine rings is 1. The van der Waals surface area contributed by atoms with E-state index in [0.29, 0.717) is 44.3 Å². The SMILES string of the molecule is CC(C)CN1C(=O)c2ccccc2C(C(=O)N2CCOCC2)C1c1cccs1. The fraction of sp³-hybridized carbons (Fsp3) is 0.455. The number of carbonyl (C=O) groups excluding carboxylic acids is 2. The predicted octanol–water partition coefficient (Wildman–Crippen LogP) is 3.54. The molecule has 2 aliphatic heterocycles. The van der Waals surface area contributed by atoms with Crippen LogP contribution in [0, 0.1) is 5.92 Å². The lowest BCUT2D eigenvalue weighted by molar-refractivity contribution is -0.138. The van der Waals surface area contributed by atoms with E-state index in [0.717, 1.165) is 10.4 Å². The van der Waals surface area contributed by atoms with Gasteiger partial charge < -0.3 is 14.5 Å². The quantitative estimate of drug-likeness (QED) is 0.792. The Morgan fingerprint density at radius 1 is 1.18 bits per heavy atom. The summed E-state index contributed by atoms with van der Waals surface area (Å²) in [4.78, 5) is 32.0. The topological polar surface area (TPSA) is 49.9 Å². The van der Waals surface area contributed by atoms with Crippen LogP contribution in [0.2, 0.25) is 0 Å². The molecule has 2 aromatic rings. The zero-order chi connectivity index (χ0) is 19.7. The number of carbonyl (C=O) groups is 2. The van der Waals surface area contributed by atoms with E-state index in [1.54, 1.807) is 11.3 Å². The van der Waals surface area contributed by atoms with Gasteiger partial charge in [0, 0.05) is 30.1 Å². The van der Waals surface area contributed by atoms with Gasteiger partial charge in [0.1, 0.15) is 0 Å². The third kappa shape index (κ3) is 3.47. The smallest absolute Gasteiger partial charge is 0.254 e. The lowest BCUT2D eigenvalue weighted by atomic mass is 9.80. The molecule has 2 amide bonds. The lowest BCUT2D eigenvalue weighted by Gasteiger charge is -2.43. The summed E-state index contributed by atoms with van der Waals surface area (Å²) in [6.45, 7) is 7.19. The number of ether oxygens (including phenoxy) is 1. The molecule has 1 aromatic heterocycles. The summed E-state index contributed by atoms with van der Waals surface area (Å²) in [5, 5.41) is 2.02. The molecule has 6 heteroatoms. The number of rotatable bonds is 4. The van der Waals surface area contributed by atoms with Gasteiger partial charge >= 0.3 is 0 Å². The third-order valence-corrected chi connectivity index (χ3v) is 6.37. The summed E-state index contributed by atoms with van der Waals surface area (Å²) < 4.78 is 5.44. The van der Waals surface area contributed by atoms with Crippen molar-refractivity contribution in [1.82, 2.24) is 9.80 Å². The van der Waals surface area contributed by atoms with Crippen molar-refractivity contribution in [1.29, 1.82) is 0 Å². The lowest BCUT2D eigenvalue weighted by Crippen LogP contribution is -2.51. The van der Waals surface area contributed by atoms with Crippen LogP contribution in [-0.2, 0) is 9.53 Å². The molecule has 0 aliphatic carbocycles. The highest BCUT2D eigenvalue weighted by Gasteiger charge is 2.46. The molecule has 28 heavy (non-hydrogen) atoms. The van der Waals surface area contributed by atoms with Crippen LogP contribution in [0.4, 0.5) is 0 Å². The van der Waals surface area contributed by atoms with Gasteiger partial charge in [-0.3, -0.25) is 9.59 Å².